The Labute approximate surface area is 165 Å². The van der Waals surface area contributed by atoms with E-state index < -0.39 is 6.10 Å². The van der Waals surface area contributed by atoms with E-state index in [2.05, 4.69) is 23.2 Å². The second kappa shape index (κ2) is 10.0. The van der Waals surface area contributed by atoms with Crippen LogP contribution in [-0.2, 0) is 20.7 Å². The number of carbonyl (C=O) groups excluding carboxylic acids is 1. The lowest BCUT2D eigenvalue weighted by molar-refractivity contribution is -0.153. The highest BCUT2D eigenvalue weighted by Crippen LogP contribution is 2.16. The van der Waals surface area contributed by atoms with Gasteiger partial charge in [-0.1, -0.05) is 35.9 Å². The zero-order chi connectivity index (χ0) is 19.8. The monoisotopic (exact) mass is 381 g/mol. The van der Waals surface area contributed by atoms with E-state index in [-0.39, 0.29) is 5.97 Å². The van der Waals surface area contributed by atoms with Gasteiger partial charge in [0.25, 0.3) is 0 Å². The number of rotatable bonds is 9. The Kier molecular flexibility index (Phi) is 7.20. The number of benzene rings is 2. The van der Waals surface area contributed by atoms with Gasteiger partial charge in [0.15, 0.2) is 6.10 Å². The molecule has 0 saturated carbocycles. The highest BCUT2D eigenvalue weighted by atomic mass is 16.6. The van der Waals surface area contributed by atoms with Gasteiger partial charge in [0.2, 0.25) is 0 Å². The molecule has 28 heavy (non-hydrogen) atoms. The average Bonchev–Trinajstić information content (AvgIpc) is 2.74. The van der Waals surface area contributed by atoms with Crippen LogP contribution in [0.2, 0.25) is 0 Å². The molecule has 1 atom stereocenters. The molecule has 5 heteroatoms. The third-order valence-corrected chi connectivity index (χ3v) is 4.83. The predicted octanol–water partition coefficient (Wildman–Crippen LogP) is 2.45. The van der Waals surface area contributed by atoms with Crippen LogP contribution in [0.5, 0.6) is 5.75 Å². The molecular formula is C23H27NO4. The van der Waals surface area contributed by atoms with Crippen molar-refractivity contribution < 1.29 is 19.0 Å². The molecule has 1 heterocycles. The van der Waals surface area contributed by atoms with E-state index in [4.69, 9.17) is 14.2 Å². The molecule has 1 aliphatic rings. The zero-order valence-corrected chi connectivity index (χ0v) is 16.5. The lowest BCUT2D eigenvalue weighted by atomic mass is 10.0. The molecule has 0 aromatic heterocycles. The summed E-state index contributed by atoms with van der Waals surface area (Å²) in [5.74, 6) is 0.475. The minimum atomic E-state index is -0.574. The summed E-state index contributed by atoms with van der Waals surface area (Å²) in [6.07, 6.45) is 1.79. The molecule has 5 nitrogen and oxygen atoms in total. The molecule has 2 aromatic rings. The van der Waals surface area contributed by atoms with Crippen molar-refractivity contribution in [2.24, 2.45) is 4.99 Å². The highest BCUT2D eigenvalue weighted by Gasteiger charge is 2.19. The first-order chi connectivity index (χ1) is 13.7. The van der Waals surface area contributed by atoms with E-state index >= 15 is 0 Å². The Morgan fingerprint density at radius 3 is 2.68 bits per heavy atom. The second-order valence-corrected chi connectivity index (χ2v) is 6.67. The van der Waals surface area contributed by atoms with Crippen molar-refractivity contribution in [3.63, 3.8) is 0 Å². The maximum atomic E-state index is 11.8. The first-order valence-corrected chi connectivity index (χ1v) is 9.74. The van der Waals surface area contributed by atoms with Crippen molar-refractivity contribution >= 4 is 11.5 Å². The lowest BCUT2D eigenvalue weighted by Gasteiger charge is -2.15. The average molecular weight is 381 g/mol. The molecule has 0 N–H and O–H groups in total. The number of hydrogen-bond acceptors (Lipinski definition) is 5. The third kappa shape index (κ3) is 5.20. The van der Waals surface area contributed by atoms with Gasteiger partial charge < -0.3 is 14.2 Å². The third-order valence-electron chi connectivity index (χ3n) is 4.83. The van der Waals surface area contributed by atoms with Crippen molar-refractivity contribution in [2.45, 2.75) is 32.3 Å². The van der Waals surface area contributed by atoms with E-state index in [1.54, 1.807) is 0 Å². The number of esters is 1. The summed E-state index contributed by atoms with van der Waals surface area (Å²) >= 11 is 0. The molecule has 0 bridgehead atoms. The fraction of sp³-hybridized carbons (Fsp3) is 0.391. The Morgan fingerprint density at radius 1 is 1.14 bits per heavy atom. The SMILES string of the molecule is CCOC(Cc1ccc(OCCC2=c3ccccc3=NCC2)cc1)C(=O)OC. The molecule has 3 rings (SSSR count). The number of para-hydroxylation sites is 1. The standard InChI is InChI=1S/C23H27NO4/c1-3-27-22(23(25)26-2)16-17-8-10-19(11-9-17)28-15-13-18-12-14-24-21-7-5-4-6-20(18)21/h4-11,22H,3,12-16H2,1-2H3. The number of nitrogens with zero attached hydrogens (tertiary/aromatic N) is 1. The molecule has 0 saturated heterocycles. The van der Waals surface area contributed by atoms with Crippen LogP contribution in [0.3, 0.4) is 0 Å². The molecule has 2 aromatic carbocycles. The van der Waals surface area contributed by atoms with Crippen LogP contribution in [0.4, 0.5) is 0 Å². The zero-order valence-electron chi connectivity index (χ0n) is 16.5. The van der Waals surface area contributed by atoms with Crippen LogP contribution in [0, 0.1) is 0 Å². The first-order valence-electron chi connectivity index (χ1n) is 9.74. The Morgan fingerprint density at radius 2 is 1.93 bits per heavy atom. The summed E-state index contributed by atoms with van der Waals surface area (Å²) < 4.78 is 16.2. The van der Waals surface area contributed by atoms with E-state index in [1.165, 1.54) is 17.9 Å². The van der Waals surface area contributed by atoms with E-state index in [0.29, 0.717) is 19.6 Å². The molecule has 1 unspecified atom stereocenters. The quantitative estimate of drug-likeness (QED) is 0.626. The molecular weight excluding hydrogens is 354 g/mol. The maximum absolute atomic E-state index is 11.8. The van der Waals surface area contributed by atoms with Crippen LogP contribution < -0.4 is 15.3 Å². The number of carbonyl (C=O) groups is 1. The van der Waals surface area contributed by atoms with Gasteiger partial charge in [0.1, 0.15) is 5.75 Å². The van der Waals surface area contributed by atoms with E-state index in [1.807, 2.05) is 37.3 Å². The predicted molar refractivity (Wildman–Crippen MR) is 108 cm³/mol. The van der Waals surface area contributed by atoms with Crippen LogP contribution >= 0.6 is 0 Å². The van der Waals surface area contributed by atoms with Gasteiger partial charge >= 0.3 is 5.97 Å². The molecule has 1 aliphatic heterocycles. The summed E-state index contributed by atoms with van der Waals surface area (Å²) in [5, 5.41) is 2.33. The van der Waals surface area contributed by atoms with Gasteiger partial charge in [0.05, 0.1) is 19.1 Å². The van der Waals surface area contributed by atoms with Crippen LogP contribution in [0.25, 0.3) is 5.57 Å². The van der Waals surface area contributed by atoms with Crippen molar-refractivity contribution in [3.8, 4) is 5.75 Å². The molecule has 148 valence electrons. The number of fused-ring (bicyclic) bond motifs is 1. The Bertz CT molecular complexity index is 905. The minimum absolute atomic E-state index is 0.348. The highest BCUT2D eigenvalue weighted by molar-refractivity contribution is 5.75. The second-order valence-electron chi connectivity index (χ2n) is 6.67. The van der Waals surface area contributed by atoms with Gasteiger partial charge in [0, 0.05) is 26.0 Å². The van der Waals surface area contributed by atoms with Crippen molar-refractivity contribution in [3.05, 3.63) is 64.7 Å². The minimum Gasteiger partial charge on any atom is -0.493 e. The molecule has 0 fully saturated rings. The number of methoxy groups -OCH3 is 1. The summed E-state index contributed by atoms with van der Waals surface area (Å²) in [6, 6.07) is 16.1. The van der Waals surface area contributed by atoms with Crippen LogP contribution in [-0.4, -0.2) is 38.9 Å². The maximum Gasteiger partial charge on any atom is 0.335 e. The smallest absolute Gasteiger partial charge is 0.335 e. The van der Waals surface area contributed by atoms with Crippen molar-refractivity contribution in [1.29, 1.82) is 0 Å². The number of hydrogen-bond donors (Lipinski definition) is 0. The van der Waals surface area contributed by atoms with Crippen molar-refractivity contribution in [1.82, 2.24) is 0 Å². The first kappa shape index (κ1) is 20.1. The van der Waals surface area contributed by atoms with Gasteiger partial charge in [-0.15, -0.1) is 0 Å². The Hall–Kier alpha value is -2.66. The Balaban J connectivity index is 1.57. The fourth-order valence-electron chi connectivity index (χ4n) is 3.39. The van der Waals surface area contributed by atoms with Crippen LogP contribution in [0.1, 0.15) is 25.3 Å². The largest absolute Gasteiger partial charge is 0.493 e. The topological polar surface area (TPSA) is 57.1 Å². The van der Waals surface area contributed by atoms with Gasteiger partial charge in [-0.05, 0) is 42.3 Å². The fourth-order valence-corrected chi connectivity index (χ4v) is 3.39. The molecule has 0 radical (unpaired) electrons. The summed E-state index contributed by atoms with van der Waals surface area (Å²) in [4.78, 5) is 16.3. The molecule has 0 spiro atoms. The van der Waals surface area contributed by atoms with Gasteiger partial charge in [-0.3, -0.25) is 4.99 Å². The van der Waals surface area contributed by atoms with E-state index in [9.17, 15) is 4.79 Å². The molecule has 0 aliphatic carbocycles. The molecule has 0 amide bonds. The van der Waals surface area contributed by atoms with E-state index in [0.717, 1.165) is 36.1 Å². The normalized spacial score (nSPS) is 14.0. The summed E-state index contributed by atoms with van der Waals surface area (Å²) in [5.41, 5.74) is 2.41. The lowest BCUT2D eigenvalue weighted by Crippen LogP contribution is -2.31. The van der Waals surface area contributed by atoms with Gasteiger partial charge in [-0.25, -0.2) is 4.79 Å². The van der Waals surface area contributed by atoms with Crippen LogP contribution in [0.15, 0.2) is 53.5 Å². The number of ether oxygens (including phenoxy) is 3. The summed E-state index contributed by atoms with van der Waals surface area (Å²) in [7, 11) is 1.38. The van der Waals surface area contributed by atoms with Crippen molar-refractivity contribution in [2.75, 3.05) is 26.9 Å². The summed E-state index contributed by atoms with van der Waals surface area (Å²) in [6.45, 7) is 3.81. The van der Waals surface area contributed by atoms with Gasteiger partial charge in [-0.2, -0.15) is 0 Å².